The van der Waals surface area contributed by atoms with Gasteiger partial charge in [0.25, 0.3) is 0 Å². The van der Waals surface area contributed by atoms with Gasteiger partial charge >= 0.3 is 0 Å². The van der Waals surface area contributed by atoms with E-state index in [0.717, 1.165) is 17.5 Å². The van der Waals surface area contributed by atoms with Crippen LogP contribution in [-0.2, 0) is 6.42 Å². The van der Waals surface area contributed by atoms with Crippen molar-refractivity contribution in [1.82, 2.24) is 5.43 Å². The summed E-state index contributed by atoms with van der Waals surface area (Å²) in [6, 6.07) is 3.81. The van der Waals surface area contributed by atoms with Crippen LogP contribution in [0.25, 0.3) is 0 Å². The Labute approximate surface area is 95.5 Å². The van der Waals surface area contributed by atoms with E-state index in [1.54, 1.807) is 18.8 Å². The Hall–Kier alpha value is -1.04. The number of rotatable bonds is 4. The Morgan fingerprint density at radius 1 is 1.40 bits per heavy atom. The van der Waals surface area contributed by atoms with Crippen LogP contribution in [0.1, 0.15) is 17.2 Å². The van der Waals surface area contributed by atoms with Crippen LogP contribution >= 0.6 is 15.9 Å². The fraction of sp³-hybridized carbons (Fsp3) is 0.200. The number of furan rings is 2. The minimum absolute atomic E-state index is 0.00993. The Bertz CT molecular complexity index is 411. The zero-order chi connectivity index (χ0) is 10.7. The molecule has 3 N–H and O–H groups in total. The topological polar surface area (TPSA) is 64.3 Å². The van der Waals surface area contributed by atoms with E-state index < -0.39 is 0 Å². The summed E-state index contributed by atoms with van der Waals surface area (Å²) in [4.78, 5) is 0. The number of nitrogens with two attached hydrogens (primary N) is 1. The third kappa shape index (κ3) is 2.31. The molecule has 0 aromatic carbocycles. The summed E-state index contributed by atoms with van der Waals surface area (Å²) in [5.74, 6) is 5.51. The quantitative estimate of drug-likeness (QED) is 0.662. The molecule has 4 nitrogen and oxygen atoms in total. The molecule has 1 atom stereocenters. The zero-order valence-electron chi connectivity index (χ0n) is 7.94. The maximum Gasteiger partial charge on any atom is 0.173 e. The van der Waals surface area contributed by atoms with E-state index in [0.29, 0.717) is 4.67 Å². The van der Waals surface area contributed by atoms with Crippen molar-refractivity contribution >= 4 is 15.9 Å². The molecule has 80 valence electrons. The molecule has 0 fully saturated rings. The molecule has 0 radical (unpaired) electrons. The first-order chi connectivity index (χ1) is 7.31. The number of halogens is 1. The van der Waals surface area contributed by atoms with Crippen molar-refractivity contribution in [3.8, 4) is 0 Å². The van der Waals surface area contributed by atoms with Crippen molar-refractivity contribution in [2.45, 2.75) is 12.5 Å². The second-order valence-electron chi connectivity index (χ2n) is 3.20. The predicted molar refractivity (Wildman–Crippen MR) is 58.9 cm³/mol. The second-order valence-corrected chi connectivity index (χ2v) is 3.92. The molecule has 0 saturated carbocycles. The van der Waals surface area contributed by atoms with Crippen LogP contribution in [0.5, 0.6) is 0 Å². The first-order valence-electron chi connectivity index (χ1n) is 4.51. The van der Waals surface area contributed by atoms with Gasteiger partial charge in [0.1, 0.15) is 0 Å². The van der Waals surface area contributed by atoms with Gasteiger partial charge in [-0.2, -0.15) is 0 Å². The summed E-state index contributed by atoms with van der Waals surface area (Å²) < 4.78 is 10.9. The molecule has 2 aromatic rings. The predicted octanol–water partition coefficient (Wildman–Crippen LogP) is 2.38. The molecular formula is C10H11BrN2O2. The molecule has 0 bridgehead atoms. The Balaban J connectivity index is 2.15. The van der Waals surface area contributed by atoms with Crippen molar-refractivity contribution in [2.24, 2.45) is 5.84 Å². The Morgan fingerprint density at radius 2 is 2.27 bits per heavy atom. The van der Waals surface area contributed by atoms with Gasteiger partial charge in [-0.05, 0) is 40.0 Å². The van der Waals surface area contributed by atoms with Crippen LogP contribution in [0.15, 0.2) is 44.4 Å². The van der Waals surface area contributed by atoms with Crippen molar-refractivity contribution in [3.05, 3.63) is 46.7 Å². The lowest BCUT2D eigenvalue weighted by Gasteiger charge is -2.13. The van der Waals surface area contributed by atoms with Gasteiger partial charge in [-0.15, -0.1) is 0 Å². The van der Waals surface area contributed by atoms with Crippen molar-refractivity contribution in [1.29, 1.82) is 0 Å². The number of nitrogens with one attached hydrogen (secondary N) is 1. The first-order valence-corrected chi connectivity index (χ1v) is 5.30. The van der Waals surface area contributed by atoms with Crippen molar-refractivity contribution in [2.75, 3.05) is 0 Å². The second kappa shape index (κ2) is 4.65. The highest BCUT2D eigenvalue weighted by Gasteiger charge is 2.16. The minimum atomic E-state index is 0.00993. The van der Waals surface area contributed by atoms with E-state index in [2.05, 4.69) is 21.4 Å². The van der Waals surface area contributed by atoms with Crippen LogP contribution in [0.2, 0.25) is 0 Å². The average molecular weight is 271 g/mol. The largest absolute Gasteiger partial charge is 0.472 e. The standard InChI is InChI=1S/C10H11BrN2O2/c11-10-8(2-4-15-10)9(13-12)5-7-1-3-14-6-7/h1-4,6,9,13H,5,12H2. The van der Waals surface area contributed by atoms with E-state index in [-0.39, 0.29) is 6.04 Å². The van der Waals surface area contributed by atoms with E-state index in [4.69, 9.17) is 14.7 Å². The molecule has 5 heteroatoms. The lowest BCUT2D eigenvalue weighted by molar-refractivity contribution is 0.503. The van der Waals surface area contributed by atoms with Gasteiger partial charge in [-0.25, -0.2) is 0 Å². The highest BCUT2D eigenvalue weighted by Crippen LogP contribution is 2.26. The SMILES string of the molecule is NNC(Cc1ccoc1)c1ccoc1Br. The molecule has 0 aliphatic rings. The number of hydrazine groups is 1. The van der Waals surface area contributed by atoms with E-state index >= 15 is 0 Å². The summed E-state index contributed by atoms with van der Waals surface area (Å²) in [6.07, 6.45) is 5.73. The van der Waals surface area contributed by atoms with Crippen LogP contribution in [0, 0.1) is 0 Å². The lowest BCUT2D eigenvalue weighted by atomic mass is 10.0. The molecular weight excluding hydrogens is 260 g/mol. The van der Waals surface area contributed by atoms with E-state index in [9.17, 15) is 0 Å². The van der Waals surface area contributed by atoms with Gasteiger partial charge in [0.05, 0.1) is 24.8 Å². The third-order valence-electron chi connectivity index (χ3n) is 2.24. The van der Waals surface area contributed by atoms with Crippen LogP contribution in [-0.4, -0.2) is 0 Å². The highest BCUT2D eigenvalue weighted by molar-refractivity contribution is 9.10. The van der Waals surface area contributed by atoms with Gasteiger partial charge < -0.3 is 8.83 Å². The molecule has 2 rings (SSSR count). The molecule has 2 aromatic heterocycles. The zero-order valence-corrected chi connectivity index (χ0v) is 9.53. The Morgan fingerprint density at radius 3 is 2.80 bits per heavy atom. The maximum atomic E-state index is 5.51. The van der Waals surface area contributed by atoms with Gasteiger partial charge in [0, 0.05) is 5.56 Å². The first kappa shape index (κ1) is 10.5. The number of hydrogen-bond donors (Lipinski definition) is 2. The van der Waals surface area contributed by atoms with Crippen LogP contribution in [0.3, 0.4) is 0 Å². The van der Waals surface area contributed by atoms with Crippen LogP contribution < -0.4 is 11.3 Å². The average Bonchev–Trinajstić information content (AvgIpc) is 2.85. The maximum absolute atomic E-state index is 5.51. The summed E-state index contributed by atoms with van der Waals surface area (Å²) in [7, 11) is 0. The summed E-state index contributed by atoms with van der Waals surface area (Å²) >= 11 is 3.33. The minimum Gasteiger partial charge on any atom is -0.472 e. The smallest absolute Gasteiger partial charge is 0.173 e. The highest BCUT2D eigenvalue weighted by atomic mass is 79.9. The molecule has 0 amide bonds. The van der Waals surface area contributed by atoms with E-state index in [1.165, 1.54) is 0 Å². The van der Waals surface area contributed by atoms with Gasteiger partial charge in [-0.3, -0.25) is 11.3 Å². The van der Waals surface area contributed by atoms with Gasteiger partial charge in [0.15, 0.2) is 4.67 Å². The third-order valence-corrected chi connectivity index (χ3v) is 2.89. The fourth-order valence-corrected chi connectivity index (χ4v) is 1.97. The number of hydrogen-bond acceptors (Lipinski definition) is 4. The van der Waals surface area contributed by atoms with E-state index in [1.807, 2.05) is 12.1 Å². The Kier molecular flexibility index (Phi) is 3.25. The van der Waals surface area contributed by atoms with Crippen molar-refractivity contribution in [3.63, 3.8) is 0 Å². The molecule has 1 unspecified atom stereocenters. The molecule has 15 heavy (non-hydrogen) atoms. The summed E-state index contributed by atoms with van der Waals surface area (Å²) in [5, 5.41) is 0. The lowest BCUT2D eigenvalue weighted by Crippen LogP contribution is -2.29. The normalized spacial score (nSPS) is 12.9. The fourth-order valence-electron chi connectivity index (χ4n) is 1.46. The summed E-state index contributed by atoms with van der Waals surface area (Å²) in [5.41, 5.74) is 4.84. The molecule has 0 spiro atoms. The van der Waals surface area contributed by atoms with Crippen molar-refractivity contribution < 1.29 is 8.83 Å². The molecule has 2 heterocycles. The summed E-state index contributed by atoms with van der Waals surface area (Å²) in [6.45, 7) is 0. The van der Waals surface area contributed by atoms with Gasteiger partial charge in [-0.1, -0.05) is 0 Å². The van der Waals surface area contributed by atoms with Crippen LogP contribution in [0.4, 0.5) is 0 Å². The molecule has 0 saturated heterocycles. The van der Waals surface area contributed by atoms with Gasteiger partial charge in [0.2, 0.25) is 0 Å². The molecule has 0 aliphatic carbocycles. The monoisotopic (exact) mass is 270 g/mol. The molecule has 0 aliphatic heterocycles.